The van der Waals surface area contributed by atoms with Gasteiger partial charge in [-0.15, -0.1) is 0 Å². The second-order valence-electron chi connectivity index (χ2n) is 3.49. The lowest BCUT2D eigenvalue weighted by Gasteiger charge is -2.40. The van der Waals surface area contributed by atoms with Crippen molar-refractivity contribution in [3.05, 3.63) is 0 Å². The highest BCUT2D eigenvalue weighted by Crippen LogP contribution is 2.19. The molecule has 1 rings (SSSR count). The summed E-state index contributed by atoms with van der Waals surface area (Å²) in [4.78, 5) is 12.9. The van der Waals surface area contributed by atoms with Gasteiger partial charge in [0.25, 0.3) is 0 Å². The first-order valence-electron chi connectivity index (χ1n) is 4.01. The Labute approximate surface area is 72.4 Å². The normalized spacial score (nSPS) is 22.1. The first-order chi connectivity index (χ1) is 5.58. The number of morpholine rings is 1. The standard InChI is InChI=1S/C8H15NO3/c1-8(2)6-12-5-4-9(8)7(10)11-3/h4-6H2,1-3H3. The van der Waals surface area contributed by atoms with E-state index in [1.807, 2.05) is 13.8 Å². The molecule has 1 fully saturated rings. The van der Waals surface area contributed by atoms with Crippen molar-refractivity contribution in [2.75, 3.05) is 26.9 Å². The molecular formula is C8H15NO3. The topological polar surface area (TPSA) is 38.8 Å². The predicted octanol–water partition coefficient (Wildman–Crippen LogP) is 0.864. The first kappa shape index (κ1) is 9.32. The largest absolute Gasteiger partial charge is 0.453 e. The van der Waals surface area contributed by atoms with Gasteiger partial charge in [-0.1, -0.05) is 0 Å². The van der Waals surface area contributed by atoms with Gasteiger partial charge in [-0.3, -0.25) is 4.90 Å². The van der Waals surface area contributed by atoms with Crippen LogP contribution >= 0.6 is 0 Å². The van der Waals surface area contributed by atoms with Gasteiger partial charge in [0.2, 0.25) is 0 Å². The highest BCUT2D eigenvalue weighted by Gasteiger charge is 2.34. The molecule has 1 heterocycles. The van der Waals surface area contributed by atoms with Crippen molar-refractivity contribution >= 4 is 6.09 Å². The summed E-state index contributed by atoms with van der Waals surface area (Å²) in [6.07, 6.45) is -0.275. The zero-order valence-electron chi connectivity index (χ0n) is 7.79. The highest BCUT2D eigenvalue weighted by molar-refractivity contribution is 5.68. The van der Waals surface area contributed by atoms with E-state index in [4.69, 9.17) is 4.74 Å². The van der Waals surface area contributed by atoms with E-state index in [1.54, 1.807) is 4.90 Å². The molecule has 0 atom stereocenters. The fraction of sp³-hybridized carbons (Fsp3) is 0.875. The summed E-state index contributed by atoms with van der Waals surface area (Å²) >= 11 is 0. The Morgan fingerprint density at radius 1 is 1.58 bits per heavy atom. The third-order valence-corrected chi connectivity index (χ3v) is 2.04. The van der Waals surface area contributed by atoms with Gasteiger partial charge < -0.3 is 9.47 Å². The van der Waals surface area contributed by atoms with Gasteiger partial charge in [0.05, 0.1) is 25.9 Å². The summed E-state index contributed by atoms with van der Waals surface area (Å²) in [5.74, 6) is 0. The summed E-state index contributed by atoms with van der Waals surface area (Å²) in [6, 6.07) is 0. The Kier molecular flexibility index (Phi) is 2.57. The van der Waals surface area contributed by atoms with E-state index >= 15 is 0 Å². The molecule has 0 aromatic rings. The third kappa shape index (κ3) is 1.69. The predicted molar refractivity (Wildman–Crippen MR) is 44.0 cm³/mol. The minimum atomic E-state index is -0.275. The van der Waals surface area contributed by atoms with Crippen molar-refractivity contribution in [1.82, 2.24) is 4.90 Å². The minimum Gasteiger partial charge on any atom is -0.453 e. The van der Waals surface area contributed by atoms with Crippen molar-refractivity contribution < 1.29 is 14.3 Å². The van der Waals surface area contributed by atoms with Crippen molar-refractivity contribution in [3.63, 3.8) is 0 Å². The van der Waals surface area contributed by atoms with Crippen LogP contribution in [0.4, 0.5) is 4.79 Å². The lowest BCUT2D eigenvalue weighted by molar-refractivity contribution is -0.0422. The van der Waals surface area contributed by atoms with E-state index in [-0.39, 0.29) is 11.6 Å². The lowest BCUT2D eigenvalue weighted by Crippen LogP contribution is -2.55. The van der Waals surface area contributed by atoms with E-state index in [0.717, 1.165) is 0 Å². The van der Waals surface area contributed by atoms with E-state index in [1.165, 1.54) is 7.11 Å². The van der Waals surface area contributed by atoms with E-state index in [2.05, 4.69) is 4.74 Å². The molecule has 0 radical (unpaired) electrons. The molecule has 70 valence electrons. The quantitative estimate of drug-likeness (QED) is 0.545. The van der Waals surface area contributed by atoms with E-state index < -0.39 is 0 Å². The number of amides is 1. The van der Waals surface area contributed by atoms with Crippen LogP contribution in [0.5, 0.6) is 0 Å². The zero-order valence-corrected chi connectivity index (χ0v) is 7.79. The zero-order chi connectivity index (χ0) is 9.19. The monoisotopic (exact) mass is 173 g/mol. The van der Waals surface area contributed by atoms with Crippen molar-refractivity contribution in [3.8, 4) is 0 Å². The fourth-order valence-corrected chi connectivity index (χ4v) is 1.31. The molecule has 0 bridgehead atoms. The Morgan fingerprint density at radius 2 is 2.25 bits per heavy atom. The maximum absolute atomic E-state index is 11.2. The van der Waals surface area contributed by atoms with Crippen LogP contribution in [0.15, 0.2) is 0 Å². The molecule has 0 aliphatic carbocycles. The van der Waals surface area contributed by atoms with Gasteiger partial charge in [-0.2, -0.15) is 0 Å². The summed E-state index contributed by atoms with van der Waals surface area (Å²) in [7, 11) is 1.40. The van der Waals surface area contributed by atoms with Crippen LogP contribution < -0.4 is 0 Å². The van der Waals surface area contributed by atoms with Crippen molar-refractivity contribution in [1.29, 1.82) is 0 Å². The summed E-state index contributed by atoms with van der Waals surface area (Å²) < 4.78 is 9.92. The number of rotatable bonds is 0. The maximum Gasteiger partial charge on any atom is 0.410 e. The molecule has 0 N–H and O–H groups in total. The van der Waals surface area contributed by atoms with Gasteiger partial charge in [0.1, 0.15) is 0 Å². The summed E-state index contributed by atoms with van der Waals surface area (Å²) in [6.45, 7) is 5.70. The third-order valence-electron chi connectivity index (χ3n) is 2.04. The Hall–Kier alpha value is -0.770. The molecule has 0 spiro atoms. The fourth-order valence-electron chi connectivity index (χ4n) is 1.31. The molecule has 12 heavy (non-hydrogen) atoms. The molecule has 4 heteroatoms. The number of ether oxygens (including phenoxy) is 2. The second kappa shape index (κ2) is 3.31. The van der Waals surface area contributed by atoms with E-state index in [9.17, 15) is 4.79 Å². The summed E-state index contributed by atoms with van der Waals surface area (Å²) in [5.41, 5.74) is -0.245. The highest BCUT2D eigenvalue weighted by atomic mass is 16.5. The number of nitrogens with zero attached hydrogens (tertiary/aromatic N) is 1. The summed E-state index contributed by atoms with van der Waals surface area (Å²) in [5, 5.41) is 0. The minimum absolute atomic E-state index is 0.245. The Bertz CT molecular complexity index is 179. The average Bonchev–Trinajstić information content (AvgIpc) is 2.02. The molecule has 4 nitrogen and oxygen atoms in total. The molecule has 1 aliphatic heterocycles. The van der Waals surface area contributed by atoms with Crippen LogP contribution in [0, 0.1) is 0 Å². The number of carbonyl (C=O) groups is 1. The molecule has 1 aliphatic rings. The Morgan fingerprint density at radius 3 is 2.75 bits per heavy atom. The smallest absolute Gasteiger partial charge is 0.410 e. The Balaban J connectivity index is 2.66. The van der Waals surface area contributed by atoms with Crippen LogP contribution in [0.2, 0.25) is 0 Å². The van der Waals surface area contributed by atoms with Gasteiger partial charge in [-0.05, 0) is 13.8 Å². The maximum atomic E-state index is 11.2. The van der Waals surface area contributed by atoms with Crippen molar-refractivity contribution in [2.45, 2.75) is 19.4 Å². The van der Waals surface area contributed by atoms with Crippen LogP contribution in [-0.2, 0) is 9.47 Å². The molecule has 0 aromatic heterocycles. The molecular weight excluding hydrogens is 158 g/mol. The number of carbonyl (C=O) groups excluding carboxylic acids is 1. The van der Waals surface area contributed by atoms with Crippen LogP contribution in [0.1, 0.15) is 13.8 Å². The van der Waals surface area contributed by atoms with Gasteiger partial charge in [-0.25, -0.2) is 4.79 Å². The number of hydrogen-bond donors (Lipinski definition) is 0. The van der Waals surface area contributed by atoms with Gasteiger partial charge >= 0.3 is 6.09 Å². The van der Waals surface area contributed by atoms with Gasteiger partial charge in [0, 0.05) is 6.54 Å². The van der Waals surface area contributed by atoms with Crippen LogP contribution in [0.25, 0.3) is 0 Å². The van der Waals surface area contributed by atoms with Crippen LogP contribution in [0.3, 0.4) is 0 Å². The second-order valence-corrected chi connectivity index (χ2v) is 3.49. The van der Waals surface area contributed by atoms with Crippen molar-refractivity contribution in [2.24, 2.45) is 0 Å². The molecule has 1 amide bonds. The van der Waals surface area contributed by atoms with Crippen LogP contribution in [-0.4, -0.2) is 43.4 Å². The molecule has 0 unspecified atom stereocenters. The molecule has 0 saturated carbocycles. The van der Waals surface area contributed by atoms with E-state index in [0.29, 0.717) is 19.8 Å². The number of hydrogen-bond acceptors (Lipinski definition) is 3. The first-order valence-corrected chi connectivity index (χ1v) is 4.01. The SMILES string of the molecule is COC(=O)N1CCOCC1(C)C. The number of methoxy groups -OCH3 is 1. The molecule has 1 saturated heterocycles. The average molecular weight is 173 g/mol. The van der Waals surface area contributed by atoms with Gasteiger partial charge in [0.15, 0.2) is 0 Å². The lowest BCUT2D eigenvalue weighted by atomic mass is 10.0. The molecule has 0 aromatic carbocycles.